The molecular formula is C16H22N3O3+. The van der Waals surface area contributed by atoms with E-state index < -0.39 is 0 Å². The Hall–Kier alpha value is -1.92. The summed E-state index contributed by atoms with van der Waals surface area (Å²) in [4.78, 5) is 27.3. The summed E-state index contributed by atoms with van der Waals surface area (Å²) < 4.78 is 5.71. The summed E-state index contributed by atoms with van der Waals surface area (Å²) in [5.41, 5.74) is 1.48. The van der Waals surface area contributed by atoms with Crippen LogP contribution in [0.2, 0.25) is 0 Å². The largest absolute Gasteiger partial charge is 0.364 e. The number of hydrogen-bond donors (Lipinski definition) is 2. The van der Waals surface area contributed by atoms with Crippen molar-refractivity contribution in [2.24, 2.45) is 0 Å². The summed E-state index contributed by atoms with van der Waals surface area (Å²) in [6, 6.07) is 7.41. The Kier molecular flexibility index (Phi) is 4.13. The van der Waals surface area contributed by atoms with Crippen molar-refractivity contribution in [3.05, 3.63) is 24.3 Å². The molecule has 2 aliphatic heterocycles. The summed E-state index contributed by atoms with van der Waals surface area (Å²) in [5.74, 6) is -0.163. The third kappa shape index (κ3) is 3.13. The molecule has 2 amide bonds. The highest BCUT2D eigenvalue weighted by Crippen LogP contribution is 2.28. The molecule has 1 aromatic carbocycles. The summed E-state index contributed by atoms with van der Waals surface area (Å²) in [6.07, 6.45) is 0.312. The molecule has 0 aliphatic carbocycles. The van der Waals surface area contributed by atoms with Crippen molar-refractivity contribution in [3.63, 3.8) is 0 Å². The minimum Gasteiger partial charge on any atom is -0.364 e. The molecule has 1 saturated heterocycles. The number of fused-ring (bicyclic) bond motifs is 1. The number of para-hydroxylation sites is 2. The molecule has 1 fully saturated rings. The molecule has 0 aromatic heterocycles. The zero-order chi connectivity index (χ0) is 15.7. The Morgan fingerprint density at radius 3 is 2.73 bits per heavy atom. The Bertz CT molecular complexity index is 580. The molecular weight excluding hydrogens is 282 g/mol. The fraction of sp³-hybridized carbons (Fsp3) is 0.500. The van der Waals surface area contributed by atoms with Crippen LogP contribution in [0.1, 0.15) is 13.8 Å². The van der Waals surface area contributed by atoms with Crippen LogP contribution in [0.25, 0.3) is 0 Å². The number of benzene rings is 1. The lowest BCUT2D eigenvalue weighted by Crippen LogP contribution is -3.16. The molecule has 2 heterocycles. The first kappa shape index (κ1) is 15.0. The summed E-state index contributed by atoms with van der Waals surface area (Å²) in [6.45, 7) is 6.17. The second-order valence-corrected chi connectivity index (χ2v) is 6.14. The number of carbonyl (C=O) groups excluding carboxylic acids is 2. The van der Waals surface area contributed by atoms with Gasteiger partial charge in [0.2, 0.25) is 5.91 Å². The van der Waals surface area contributed by atoms with Crippen LogP contribution >= 0.6 is 0 Å². The SMILES string of the molecule is C[C@H]1C[NH+](CC(=O)N2CC(=O)Nc3ccccc32)C[C@H](C)O1. The van der Waals surface area contributed by atoms with Crippen LogP contribution in [-0.2, 0) is 14.3 Å². The second-order valence-electron chi connectivity index (χ2n) is 6.14. The summed E-state index contributed by atoms with van der Waals surface area (Å²) >= 11 is 0. The zero-order valence-corrected chi connectivity index (χ0v) is 13.0. The van der Waals surface area contributed by atoms with E-state index in [0.717, 1.165) is 18.8 Å². The van der Waals surface area contributed by atoms with Gasteiger partial charge in [-0.3, -0.25) is 14.5 Å². The van der Waals surface area contributed by atoms with Gasteiger partial charge in [0.25, 0.3) is 5.91 Å². The predicted molar refractivity (Wildman–Crippen MR) is 83.0 cm³/mol. The standard InChI is InChI=1S/C16H21N3O3/c1-11-7-18(8-12(2)22-11)10-16(21)19-9-15(20)17-13-5-3-4-6-14(13)19/h3-6,11-12H,7-10H2,1-2H3,(H,17,20)/p+1/t11-,12-/m0/s1. The highest BCUT2D eigenvalue weighted by Gasteiger charge is 2.32. The number of nitrogens with one attached hydrogen (secondary N) is 2. The third-order valence-electron chi connectivity index (χ3n) is 4.09. The maximum absolute atomic E-state index is 12.7. The molecule has 2 aliphatic rings. The molecule has 0 bridgehead atoms. The van der Waals surface area contributed by atoms with Gasteiger partial charge in [-0.1, -0.05) is 12.1 Å². The Morgan fingerprint density at radius 1 is 1.32 bits per heavy atom. The average molecular weight is 304 g/mol. The third-order valence-corrected chi connectivity index (χ3v) is 4.09. The summed E-state index contributed by atoms with van der Waals surface area (Å²) in [5, 5.41) is 2.80. The topological polar surface area (TPSA) is 63.1 Å². The van der Waals surface area contributed by atoms with Gasteiger partial charge in [-0.25, -0.2) is 0 Å². The first-order valence-electron chi connectivity index (χ1n) is 7.71. The molecule has 0 spiro atoms. The highest BCUT2D eigenvalue weighted by molar-refractivity contribution is 6.10. The van der Waals surface area contributed by atoms with Gasteiger partial charge >= 0.3 is 0 Å². The van der Waals surface area contributed by atoms with E-state index in [-0.39, 0.29) is 30.6 Å². The molecule has 3 rings (SSSR count). The number of anilines is 2. The molecule has 2 N–H and O–H groups in total. The van der Waals surface area contributed by atoms with E-state index in [1.54, 1.807) is 4.90 Å². The van der Waals surface area contributed by atoms with E-state index in [4.69, 9.17) is 4.74 Å². The van der Waals surface area contributed by atoms with Crippen LogP contribution in [0.5, 0.6) is 0 Å². The second kappa shape index (κ2) is 6.06. The van der Waals surface area contributed by atoms with E-state index in [2.05, 4.69) is 5.32 Å². The number of rotatable bonds is 2. The van der Waals surface area contributed by atoms with Crippen LogP contribution in [0, 0.1) is 0 Å². The van der Waals surface area contributed by atoms with E-state index in [0.29, 0.717) is 12.2 Å². The number of morpholine rings is 1. The van der Waals surface area contributed by atoms with E-state index in [1.807, 2.05) is 38.1 Å². The summed E-state index contributed by atoms with van der Waals surface area (Å²) in [7, 11) is 0. The average Bonchev–Trinajstić information content (AvgIpc) is 2.45. The van der Waals surface area contributed by atoms with E-state index in [9.17, 15) is 9.59 Å². The van der Waals surface area contributed by atoms with Crippen molar-refractivity contribution in [3.8, 4) is 0 Å². The number of nitrogens with zero attached hydrogens (tertiary/aromatic N) is 1. The normalized spacial score (nSPS) is 28.0. The monoisotopic (exact) mass is 304 g/mol. The molecule has 6 heteroatoms. The van der Waals surface area contributed by atoms with Gasteiger partial charge in [-0.15, -0.1) is 0 Å². The number of carbonyl (C=O) groups is 2. The van der Waals surface area contributed by atoms with Crippen LogP contribution in [0.3, 0.4) is 0 Å². The van der Waals surface area contributed by atoms with Crippen LogP contribution < -0.4 is 15.1 Å². The van der Waals surface area contributed by atoms with E-state index in [1.165, 1.54) is 4.90 Å². The van der Waals surface area contributed by atoms with Crippen molar-refractivity contribution in [1.29, 1.82) is 0 Å². The van der Waals surface area contributed by atoms with Gasteiger partial charge in [0.05, 0.1) is 11.4 Å². The number of hydrogen-bond acceptors (Lipinski definition) is 3. The molecule has 2 atom stereocenters. The lowest BCUT2D eigenvalue weighted by atomic mass is 10.2. The first-order valence-corrected chi connectivity index (χ1v) is 7.71. The van der Waals surface area contributed by atoms with Gasteiger partial charge in [0.1, 0.15) is 31.8 Å². The van der Waals surface area contributed by atoms with Gasteiger partial charge in [-0.2, -0.15) is 0 Å². The quantitative estimate of drug-likeness (QED) is 0.786. The molecule has 6 nitrogen and oxygen atoms in total. The molecule has 118 valence electrons. The van der Waals surface area contributed by atoms with Crippen LogP contribution in [0.4, 0.5) is 11.4 Å². The van der Waals surface area contributed by atoms with Crippen molar-refractivity contribution in [2.45, 2.75) is 26.1 Å². The van der Waals surface area contributed by atoms with Crippen LogP contribution in [0.15, 0.2) is 24.3 Å². The highest BCUT2D eigenvalue weighted by atomic mass is 16.5. The van der Waals surface area contributed by atoms with Gasteiger partial charge in [0, 0.05) is 0 Å². The molecule has 22 heavy (non-hydrogen) atoms. The Morgan fingerprint density at radius 2 is 2.00 bits per heavy atom. The first-order chi connectivity index (χ1) is 10.5. The van der Waals surface area contributed by atoms with Gasteiger partial charge in [-0.05, 0) is 26.0 Å². The molecule has 0 unspecified atom stereocenters. The van der Waals surface area contributed by atoms with Gasteiger partial charge in [0.15, 0.2) is 6.54 Å². The minimum atomic E-state index is -0.147. The molecule has 0 radical (unpaired) electrons. The number of quaternary nitrogens is 1. The van der Waals surface area contributed by atoms with Crippen molar-refractivity contribution < 1.29 is 19.2 Å². The van der Waals surface area contributed by atoms with Crippen molar-refractivity contribution >= 4 is 23.2 Å². The number of ether oxygens (including phenoxy) is 1. The Balaban J connectivity index is 1.74. The van der Waals surface area contributed by atoms with Crippen LogP contribution in [-0.4, -0.2) is 50.2 Å². The van der Waals surface area contributed by atoms with Crippen molar-refractivity contribution in [2.75, 3.05) is 36.4 Å². The van der Waals surface area contributed by atoms with Crippen molar-refractivity contribution in [1.82, 2.24) is 0 Å². The maximum Gasteiger partial charge on any atom is 0.282 e. The lowest BCUT2D eigenvalue weighted by Gasteiger charge is -2.34. The predicted octanol–water partition coefficient (Wildman–Crippen LogP) is -0.336. The Labute approximate surface area is 130 Å². The molecule has 1 aromatic rings. The zero-order valence-electron chi connectivity index (χ0n) is 13.0. The fourth-order valence-electron chi connectivity index (χ4n) is 3.30. The van der Waals surface area contributed by atoms with Gasteiger partial charge < -0.3 is 15.0 Å². The maximum atomic E-state index is 12.7. The molecule has 0 saturated carbocycles. The minimum absolute atomic E-state index is 0.0152. The lowest BCUT2D eigenvalue weighted by molar-refractivity contribution is -0.907. The fourth-order valence-corrected chi connectivity index (χ4v) is 3.30. The number of amides is 2. The smallest absolute Gasteiger partial charge is 0.282 e. The van der Waals surface area contributed by atoms with E-state index >= 15 is 0 Å².